The maximum Gasteiger partial charge on any atom is 0.146 e. The molecule has 0 radical (unpaired) electrons. The van der Waals surface area contributed by atoms with Crippen molar-refractivity contribution in [3.8, 4) is 0 Å². The van der Waals surface area contributed by atoms with E-state index in [1.807, 2.05) is 6.08 Å². The van der Waals surface area contributed by atoms with Crippen LogP contribution in [-0.4, -0.2) is 23.8 Å². The molecule has 0 amide bonds. The summed E-state index contributed by atoms with van der Waals surface area (Å²) >= 11 is 0. The van der Waals surface area contributed by atoms with Crippen LogP contribution in [0.15, 0.2) is 23.3 Å². The Hall–Kier alpha value is -1.22. The molecular weight excluding hydrogens is 288 g/mol. The van der Waals surface area contributed by atoms with E-state index < -0.39 is 0 Å². The fraction of sp³-hybridized carbons (Fsp3) is 0.700. The molecule has 23 heavy (non-hydrogen) atoms. The minimum Gasteiger partial charge on any atom is -0.393 e. The summed E-state index contributed by atoms with van der Waals surface area (Å²) in [5.74, 6) is -0.114. The minimum absolute atomic E-state index is 0.217. The fourth-order valence-corrected chi connectivity index (χ4v) is 4.98. The first-order valence-corrected chi connectivity index (χ1v) is 8.71. The number of allylic oxidation sites excluding steroid dienone is 4. The first-order valence-electron chi connectivity index (χ1n) is 8.71. The molecule has 2 aliphatic carbocycles. The number of rotatable bonds is 5. The molecule has 1 fully saturated rings. The summed E-state index contributed by atoms with van der Waals surface area (Å²) in [6.07, 6.45) is 9.72. The van der Waals surface area contributed by atoms with Gasteiger partial charge in [0.2, 0.25) is 0 Å². The van der Waals surface area contributed by atoms with Gasteiger partial charge in [-0.2, -0.15) is 0 Å². The molecule has 5 atom stereocenters. The number of aliphatic hydroxyl groups excluding tert-OH is 1. The van der Waals surface area contributed by atoms with Gasteiger partial charge in [-0.05, 0) is 68.3 Å². The Morgan fingerprint density at radius 1 is 1.35 bits per heavy atom. The molecule has 2 aliphatic rings. The highest BCUT2D eigenvalue weighted by atomic mass is 16.3. The predicted octanol–water partition coefficient (Wildman–Crippen LogP) is 3.86. The molecule has 128 valence electrons. The van der Waals surface area contributed by atoms with Crippen LogP contribution in [0.1, 0.15) is 59.8 Å². The second kappa shape index (κ2) is 6.72. The van der Waals surface area contributed by atoms with Gasteiger partial charge < -0.3 is 9.90 Å². The van der Waals surface area contributed by atoms with Gasteiger partial charge in [0.25, 0.3) is 0 Å². The number of carbonyl (C=O) groups is 2. The highest BCUT2D eigenvalue weighted by molar-refractivity contribution is 5.82. The molecule has 0 heterocycles. The number of aldehydes is 2. The quantitative estimate of drug-likeness (QED) is 0.618. The standard InChI is InChI=1S/C20H30O3/c1-14(2)6-5-10-20(4)17-8-7-15(12-21)16(13-22)19(17,3)11-9-18(20)23/h6-7,12-13,16-18,23H,5,8-11H2,1-4H3/t16-,17-,18-,19+,20-/m0/s1. The second-order valence-corrected chi connectivity index (χ2v) is 8.11. The lowest BCUT2D eigenvalue weighted by atomic mass is 9.47. The van der Waals surface area contributed by atoms with E-state index in [0.717, 1.165) is 38.3 Å². The van der Waals surface area contributed by atoms with Gasteiger partial charge in [-0.15, -0.1) is 0 Å². The van der Waals surface area contributed by atoms with Crippen LogP contribution < -0.4 is 0 Å². The van der Waals surface area contributed by atoms with Crippen LogP contribution in [0.25, 0.3) is 0 Å². The Kier molecular flexibility index (Phi) is 5.30. The van der Waals surface area contributed by atoms with Crippen molar-refractivity contribution in [1.82, 2.24) is 0 Å². The molecule has 0 aliphatic heterocycles. The summed E-state index contributed by atoms with van der Waals surface area (Å²) in [5, 5.41) is 10.7. The van der Waals surface area contributed by atoms with E-state index in [1.54, 1.807) is 0 Å². The summed E-state index contributed by atoms with van der Waals surface area (Å²) in [5.41, 5.74) is 1.47. The van der Waals surface area contributed by atoms with Crippen molar-refractivity contribution in [2.75, 3.05) is 0 Å². The first kappa shape index (κ1) is 18.1. The Morgan fingerprint density at radius 3 is 2.61 bits per heavy atom. The number of carbonyl (C=O) groups excluding carboxylic acids is 2. The van der Waals surface area contributed by atoms with Gasteiger partial charge in [-0.25, -0.2) is 0 Å². The van der Waals surface area contributed by atoms with E-state index in [-0.39, 0.29) is 28.8 Å². The third kappa shape index (κ3) is 3.08. The summed E-state index contributed by atoms with van der Waals surface area (Å²) in [6, 6.07) is 0. The fourth-order valence-electron chi connectivity index (χ4n) is 4.98. The average Bonchev–Trinajstić information content (AvgIpc) is 2.50. The lowest BCUT2D eigenvalue weighted by Gasteiger charge is -2.58. The van der Waals surface area contributed by atoms with Crippen molar-refractivity contribution in [3.63, 3.8) is 0 Å². The molecule has 0 aromatic heterocycles. The summed E-state index contributed by atoms with van der Waals surface area (Å²) in [6.45, 7) is 8.48. The molecule has 3 heteroatoms. The lowest BCUT2D eigenvalue weighted by Crippen LogP contribution is -2.55. The van der Waals surface area contributed by atoms with Gasteiger partial charge in [-0.1, -0.05) is 31.6 Å². The smallest absolute Gasteiger partial charge is 0.146 e. The highest BCUT2D eigenvalue weighted by Crippen LogP contribution is 2.60. The zero-order valence-corrected chi connectivity index (χ0v) is 14.8. The molecule has 0 aromatic carbocycles. The molecule has 1 N–H and O–H groups in total. The summed E-state index contributed by atoms with van der Waals surface area (Å²) in [7, 11) is 0. The van der Waals surface area contributed by atoms with Gasteiger partial charge in [0, 0.05) is 5.92 Å². The van der Waals surface area contributed by atoms with Crippen molar-refractivity contribution in [1.29, 1.82) is 0 Å². The monoisotopic (exact) mass is 318 g/mol. The van der Waals surface area contributed by atoms with Gasteiger partial charge >= 0.3 is 0 Å². The van der Waals surface area contributed by atoms with E-state index in [1.165, 1.54) is 5.57 Å². The minimum atomic E-state index is -0.343. The highest BCUT2D eigenvalue weighted by Gasteiger charge is 2.57. The maximum atomic E-state index is 11.7. The molecule has 0 unspecified atom stereocenters. The molecule has 0 bridgehead atoms. The molecule has 2 rings (SSSR count). The summed E-state index contributed by atoms with van der Waals surface area (Å²) < 4.78 is 0. The number of hydrogen-bond donors (Lipinski definition) is 1. The van der Waals surface area contributed by atoms with E-state index in [4.69, 9.17) is 0 Å². The van der Waals surface area contributed by atoms with E-state index in [0.29, 0.717) is 12.0 Å². The Balaban J connectivity index is 2.37. The Morgan fingerprint density at radius 2 is 2.04 bits per heavy atom. The van der Waals surface area contributed by atoms with E-state index in [2.05, 4.69) is 33.8 Å². The van der Waals surface area contributed by atoms with Gasteiger partial charge in [0.1, 0.15) is 12.6 Å². The predicted molar refractivity (Wildman–Crippen MR) is 91.9 cm³/mol. The van der Waals surface area contributed by atoms with Crippen molar-refractivity contribution in [2.45, 2.75) is 65.9 Å². The third-order valence-corrected chi connectivity index (χ3v) is 6.48. The van der Waals surface area contributed by atoms with Crippen LogP contribution in [0.2, 0.25) is 0 Å². The zero-order chi connectivity index (χ0) is 17.3. The van der Waals surface area contributed by atoms with Crippen molar-refractivity contribution in [3.05, 3.63) is 23.3 Å². The molecular formula is C20H30O3. The van der Waals surface area contributed by atoms with Crippen LogP contribution in [0.5, 0.6) is 0 Å². The second-order valence-electron chi connectivity index (χ2n) is 8.11. The Labute approximate surface area is 139 Å². The van der Waals surface area contributed by atoms with E-state index in [9.17, 15) is 14.7 Å². The normalized spacial score (nSPS) is 39.9. The lowest BCUT2D eigenvalue weighted by molar-refractivity contribution is -0.140. The van der Waals surface area contributed by atoms with E-state index >= 15 is 0 Å². The first-order chi connectivity index (χ1) is 10.8. The largest absolute Gasteiger partial charge is 0.393 e. The molecule has 0 spiro atoms. The summed E-state index contributed by atoms with van der Waals surface area (Å²) in [4.78, 5) is 23.0. The molecule has 0 saturated heterocycles. The Bertz CT molecular complexity index is 529. The number of fused-ring (bicyclic) bond motifs is 1. The van der Waals surface area contributed by atoms with Crippen LogP contribution in [0.4, 0.5) is 0 Å². The third-order valence-electron chi connectivity index (χ3n) is 6.48. The number of hydrogen-bond acceptors (Lipinski definition) is 3. The van der Waals surface area contributed by atoms with Crippen molar-refractivity contribution >= 4 is 12.6 Å². The molecule has 0 aromatic rings. The maximum absolute atomic E-state index is 11.7. The molecule has 3 nitrogen and oxygen atoms in total. The average molecular weight is 318 g/mol. The van der Waals surface area contributed by atoms with Gasteiger partial charge in [0.05, 0.1) is 6.10 Å². The van der Waals surface area contributed by atoms with Crippen LogP contribution in [-0.2, 0) is 9.59 Å². The van der Waals surface area contributed by atoms with Crippen LogP contribution >= 0.6 is 0 Å². The zero-order valence-electron chi connectivity index (χ0n) is 14.8. The number of aliphatic hydroxyl groups is 1. The topological polar surface area (TPSA) is 54.4 Å². The van der Waals surface area contributed by atoms with Crippen molar-refractivity contribution in [2.24, 2.45) is 22.7 Å². The van der Waals surface area contributed by atoms with Crippen molar-refractivity contribution < 1.29 is 14.7 Å². The van der Waals surface area contributed by atoms with Crippen LogP contribution in [0, 0.1) is 22.7 Å². The van der Waals surface area contributed by atoms with Gasteiger partial charge in [-0.3, -0.25) is 4.79 Å². The SMILES string of the molecule is CC(C)=CCC[C@@]1(C)[C@H]2CC=C(C=O)[C@H](C=O)[C@@]2(C)CC[C@@H]1O. The molecule has 1 saturated carbocycles. The van der Waals surface area contributed by atoms with Gasteiger partial charge in [0.15, 0.2) is 0 Å². The van der Waals surface area contributed by atoms with Crippen LogP contribution in [0.3, 0.4) is 0 Å².